The van der Waals surface area contributed by atoms with Gasteiger partial charge in [-0.15, -0.1) is 0 Å². The van der Waals surface area contributed by atoms with E-state index < -0.39 is 5.60 Å². The Morgan fingerprint density at radius 1 is 1.38 bits per heavy atom. The van der Waals surface area contributed by atoms with Crippen LogP contribution >= 0.6 is 0 Å². The van der Waals surface area contributed by atoms with Crippen LogP contribution in [0.3, 0.4) is 0 Å². The summed E-state index contributed by atoms with van der Waals surface area (Å²) in [5, 5.41) is 2.91. The number of rotatable bonds is 4. The molecule has 0 spiro atoms. The van der Waals surface area contributed by atoms with Crippen molar-refractivity contribution in [3.8, 4) is 0 Å². The van der Waals surface area contributed by atoms with Crippen molar-refractivity contribution in [3.05, 3.63) is 0 Å². The Morgan fingerprint density at radius 3 is 2.52 bits per heavy atom. The summed E-state index contributed by atoms with van der Waals surface area (Å²) in [6.45, 7) is 11.7. The molecule has 2 bridgehead atoms. The molecule has 4 atom stereocenters. The van der Waals surface area contributed by atoms with Gasteiger partial charge in [-0.25, -0.2) is 4.79 Å². The lowest BCUT2D eigenvalue weighted by Gasteiger charge is -2.61. The predicted octanol–water partition coefficient (Wildman–Crippen LogP) is 3.16. The van der Waals surface area contributed by atoms with Gasteiger partial charge in [-0.2, -0.15) is 0 Å². The number of ether oxygens (including phenoxy) is 1. The molecule has 0 radical (unpaired) electrons. The number of nitrogens with one attached hydrogen (secondary N) is 1. The van der Waals surface area contributed by atoms with Crippen molar-refractivity contribution in [3.63, 3.8) is 0 Å². The summed E-state index contributed by atoms with van der Waals surface area (Å²) < 4.78 is 5.31. The number of amides is 1. The quantitative estimate of drug-likeness (QED) is 0.837. The third-order valence-corrected chi connectivity index (χ3v) is 5.73. The van der Waals surface area contributed by atoms with Crippen molar-refractivity contribution < 1.29 is 9.53 Å². The molecule has 122 valence electrons. The summed E-state index contributed by atoms with van der Waals surface area (Å²) in [5.41, 5.74) is 6.01. The van der Waals surface area contributed by atoms with Crippen molar-refractivity contribution in [1.82, 2.24) is 5.32 Å². The number of hydrogen-bond acceptors (Lipinski definition) is 3. The summed E-state index contributed by atoms with van der Waals surface area (Å²) in [6, 6.07) is 0. The first kappa shape index (κ1) is 16.6. The van der Waals surface area contributed by atoms with Crippen LogP contribution in [0.25, 0.3) is 0 Å². The third-order valence-electron chi connectivity index (χ3n) is 5.73. The molecule has 3 fully saturated rings. The topological polar surface area (TPSA) is 64.3 Å². The molecule has 1 amide bonds. The fourth-order valence-electron chi connectivity index (χ4n) is 4.37. The van der Waals surface area contributed by atoms with Crippen LogP contribution in [-0.4, -0.2) is 24.8 Å². The summed E-state index contributed by atoms with van der Waals surface area (Å²) >= 11 is 0. The Balaban J connectivity index is 1.87. The van der Waals surface area contributed by atoms with Gasteiger partial charge in [0.05, 0.1) is 0 Å². The van der Waals surface area contributed by atoms with Gasteiger partial charge in [0.2, 0.25) is 0 Å². The van der Waals surface area contributed by atoms with E-state index in [1.807, 2.05) is 20.8 Å². The summed E-state index contributed by atoms with van der Waals surface area (Å²) in [7, 11) is 0. The predicted molar refractivity (Wildman–Crippen MR) is 84.9 cm³/mol. The Bertz CT molecular complexity index is 385. The molecular weight excluding hydrogens is 264 g/mol. The maximum atomic E-state index is 11.8. The summed E-state index contributed by atoms with van der Waals surface area (Å²) in [5.74, 6) is 2.68. The summed E-state index contributed by atoms with van der Waals surface area (Å²) in [6.07, 6.45) is 3.59. The monoisotopic (exact) mass is 296 g/mol. The molecule has 0 aliphatic heterocycles. The van der Waals surface area contributed by atoms with Crippen molar-refractivity contribution in [2.45, 2.75) is 59.5 Å². The lowest BCUT2D eigenvalue weighted by atomic mass is 9.44. The highest BCUT2D eigenvalue weighted by atomic mass is 16.6. The molecule has 0 heterocycles. The lowest BCUT2D eigenvalue weighted by molar-refractivity contribution is -0.119. The zero-order valence-corrected chi connectivity index (χ0v) is 14.2. The highest BCUT2D eigenvalue weighted by Gasteiger charge is 2.55. The average Bonchev–Trinajstić information content (AvgIpc) is 2.37. The normalized spacial score (nSPS) is 32.0. The van der Waals surface area contributed by atoms with Crippen LogP contribution in [-0.2, 0) is 4.74 Å². The smallest absolute Gasteiger partial charge is 0.407 e. The largest absolute Gasteiger partial charge is 0.444 e. The molecule has 0 aromatic carbocycles. The van der Waals surface area contributed by atoms with E-state index in [-0.39, 0.29) is 6.09 Å². The fraction of sp³-hybridized carbons (Fsp3) is 0.941. The Kier molecular flexibility index (Phi) is 4.57. The molecule has 0 saturated heterocycles. The van der Waals surface area contributed by atoms with Crippen molar-refractivity contribution >= 4 is 6.09 Å². The number of carbonyl (C=O) groups is 1. The maximum absolute atomic E-state index is 11.8. The van der Waals surface area contributed by atoms with E-state index in [1.54, 1.807) is 0 Å². The average molecular weight is 296 g/mol. The Labute approximate surface area is 129 Å². The van der Waals surface area contributed by atoms with Crippen LogP contribution in [0.15, 0.2) is 0 Å². The first-order chi connectivity index (χ1) is 9.65. The standard InChI is InChI=1S/C17H32N2O2/c1-16(2,3)21-15(20)19-10-11(9-18)13-7-6-12-8-14(13)17(12,4)5/h11-14H,6-10,18H2,1-5H3,(H,19,20)/t11?,12-,13?,14-/m0/s1. The second-order valence-electron chi connectivity index (χ2n) is 8.48. The Morgan fingerprint density at radius 2 is 2.05 bits per heavy atom. The molecule has 0 aromatic rings. The van der Waals surface area contributed by atoms with E-state index in [9.17, 15) is 4.79 Å². The molecule has 3 saturated carbocycles. The number of alkyl carbamates (subject to hydrolysis) is 1. The second-order valence-corrected chi connectivity index (χ2v) is 8.48. The zero-order valence-electron chi connectivity index (χ0n) is 14.2. The van der Waals surface area contributed by atoms with Crippen LogP contribution in [0.5, 0.6) is 0 Å². The van der Waals surface area contributed by atoms with E-state index >= 15 is 0 Å². The van der Waals surface area contributed by atoms with Gasteiger partial charge in [0, 0.05) is 6.54 Å². The highest BCUT2D eigenvalue weighted by Crippen LogP contribution is 2.62. The number of fused-ring (bicyclic) bond motifs is 2. The van der Waals surface area contributed by atoms with Crippen LogP contribution < -0.4 is 11.1 Å². The van der Waals surface area contributed by atoms with Gasteiger partial charge >= 0.3 is 6.09 Å². The minimum absolute atomic E-state index is 0.331. The molecule has 4 heteroatoms. The molecule has 2 unspecified atom stereocenters. The van der Waals surface area contributed by atoms with E-state index in [0.29, 0.717) is 30.3 Å². The number of hydrogen-bond donors (Lipinski definition) is 2. The van der Waals surface area contributed by atoms with Crippen molar-refractivity contribution in [1.29, 1.82) is 0 Å². The number of carbonyl (C=O) groups excluding carboxylic acids is 1. The van der Waals surface area contributed by atoms with Gasteiger partial charge in [0.25, 0.3) is 0 Å². The SMILES string of the molecule is CC(C)(C)OC(=O)NCC(CN)C1CC[C@H]2C[C@@H]1C2(C)C. The van der Waals surface area contributed by atoms with Crippen LogP contribution in [0, 0.1) is 29.1 Å². The van der Waals surface area contributed by atoms with Gasteiger partial charge < -0.3 is 15.8 Å². The lowest BCUT2D eigenvalue weighted by Crippen LogP contribution is -2.56. The van der Waals surface area contributed by atoms with Gasteiger partial charge in [-0.05, 0) is 75.7 Å². The minimum atomic E-state index is -0.448. The molecular formula is C17H32N2O2. The van der Waals surface area contributed by atoms with Crippen LogP contribution in [0.4, 0.5) is 4.79 Å². The summed E-state index contributed by atoms with van der Waals surface area (Å²) in [4.78, 5) is 11.8. The van der Waals surface area contributed by atoms with Gasteiger partial charge in [-0.1, -0.05) is 13.8 Å². The first-order valence-electron chi connectivity index (χ1n) is 8.32. The van der Waals surface area contributed by atoms with E-state index in [0.717, 1.165) is 11.8 Å². The molecule has 3 N–H and O–H groups in total. The van der Waals surface area contributed by atoms with Crippen molar-refractivity contribution in [2.24, 2.45) is 34.8 Å². The van der Waals surface area contributed by atoms with Gasteiger partial charge in [0.15, 0.2) is 0 Å². The fourth-order valence-corrected chi connectivity index (χ4v) is 4.37. The Hall–Kier alpha value is -0.770. The molecule has 21 heavy (non-hydrogen) atoms. The van der Waals surface area contributed by atoms with Crippen molar-refractivity contribution in [2.75, 3.05) is 13.1 Å². The molecule has 3 rings (SSSR count). The van der Waals surface area contributed by atoms with E-state index in [4.69, 9.17) is 10.5 Å². The molecule has 4 nitrogen and oxygen atoms in total. The number of nitrogens with two attached hydrogens (primary N) is 1. The molecule has 0 aromatic heterocycles. The minimum Gasteiger partial charge on any atom is -0.444 e. The van der Waals surface area contributed by atoms with Crippen LogP contribution in [0.1, 0.15) is 53.9 Å². The van der Waals surface area contributed by atoms with E-state index in [1.165, 1.54) is 19.3 Å². The molecule has 3 aliphatic rings. The zero-order chi connectivity index (χ0) is 15.8. The molecule has 3 aliphatic carbocycles. The second kappa shape index (κ2) is 5.79. The highest BCUT2D eigenvalue weighted by molar-refractivity contribution is 5.67. The van der Waals surface area contributed by atoms with Gasteiger partial charge in [-0.3, -0.25) is 0 Å². The van der Waals surface area contributed by atoms with Crippen LogP contribution in [0.2, 0.25) is 0 Å². The van der Waals surface area contributed by atoms with E-state index in [2.05, 4.69) is 19.2 Å². The first-order valence-corrected chi connectivity index (χ1v) is 8.32. The maximum Gasteiger partial charge on any atom is 0.407 e. The third kappa shape index (κ3) is 3.53. The van der Waals surface area contributed by atoms with Gasteiger partial charge in [0.1, 0.15) is 5.60 Å².